The van der Waals surface area contributed by atoms with E-state index in [0.717, 1.165) is 29.0 Å². The van der Waals surface area contributed by atoms with E-state index in [-0.39, 0.29) is 24.0 Å². The van der Waals surface area contributed by atoms with E-state index < -0.39 is 0 Å². The second-order valence-electron chi connectivity index (χ2n) is 8.72. The Hall–Kier alpha value is -2.73. The van der Waals surface area contributed by atoms with Crippen LogP contribution in [0.2, 0.25) is 5.02 Å². The average molecular weight is 456 g/mol. The van der Waals surface area contributed by atoms with Crippen molar-refractivity contribution in [2.45, 2.75) is 39.2 Å². The summed E-state index contributed by atoms with van der Waals surface area (Å²) in [5, 5.41) is 3.76. The van der Waals surface area contributed by atoms with Crippen molar-refractivity contribution >= 4 is 29.2 Å². The molecular weight excluding hydrogens is 426 g/mol. The molecule has 32 heavy (non-hydrogen) atoms. The number of halogens is 1. The summed E-state index contributed by atoms with van der Waals surface area (Å²) in [4.78, 5) is 29.6. The number of nitrogens with zero attached hydrogens (tertiary/aromatic N) is 2. The van der Waals surface area contributed by atoms with Gasteiger partial charge in [-0.1, -0.05) is 29.8 Å². The molecule has 1 saturated heterocycles. The van der Waals surface area contributed by atoms with Crippen LogP contribution in [0.3, 0.4) is 0 Å². The van der Waals surface area contributed by atoms with Crippen molar-refractivity contribution in [3.63, 3.8) is 0 Å². The van der Waals surface area contributed by atoms with E-state index in [2.05, 4.69) is 5.32 Å². The molecule has 1 fully saturated rings. The van der Waals surface area contributed by atoms with E-state index in [9.17, 15) is 9.59 Å². The topological polar surface area (TPSA) is 61.9 Å². The molecule has 0 bridgehead atoms. The number of carbonyl (C=O) groups excluding carboxylic acids is 2. The molecule has 0 aromatic heterocycles. The number of carbonyl (C=O) groups is 2. The van der Waals surface area contributed by atoms with Crippen LogP contribution in [-0.2, 0) is 11.2 Å². The monoisotopic (exact) mass is 455 g/mol. The van der Waals surface area contributed by atoms with Gasteiger partial charge in [0.25, 0.3) is 0 Å². The fourth-order valence-electron chi connectivity index (χ4n) is 4.36. The maximum Gasteiger partial charge on any atom is 0.324 e. The Morgan fingerprint density at radius 3 is 2.56 bits per heavy atom. The number of hydrogen-bond acceptors (Lipinski definition) is 3. The SMILES string of the molecule is Cc1ccc2c(c1)N(C(=O)N1CCC(C(=O)NCCc3ccc(Cl)cc3)CC1)C[C@H](C)O2. The highest BCUT2D eigenvalue weighted by atomic mass is 35.5. The Kier molecular flexibility index (Phi) is 6.89. The van der Waals surface area contributed by atoms with Gasteiger partial charge in [-0.2, -0.15) is 0 Å². The fraction of sp³-hybridized carbons (Fsp3) is 0.440. The summed E-state index contributed by atoms with van der Waals surface area (Å²) in [6, 6.07) is 13.6. The van der Waals surface area contributed by atoms with Gasteiger partial charge in [0.15, 0.2) is 0 Å². The third-order valence-corrected chi connectivity index (χ3v) is 6.42. The number of piperidine rings is 1. The van der Waals surface area contributed by atoms with Gasteiger partial charge in [-0.15, -0.1) is 0 Å². The quantitative estimate of drug-likeness (QED) is 0.742. The van der Waals surface area contributed by atoms with Crippen molar-refractivity contribution in [3.05, 3.63) is 58.6 Å². The van der Waals surface area contributed by atoms with Crippen LogP contribution in [-0.4, -0.2) is 49.1 Å². The molecule has 4 rings (SSSR count). The largest absolute Gasteiger partial charge is 0.487 e. The number of nitrogens with one attached hydrogen (secondary N) is 1. The molecule has 0 spiro atoms. The lowest BCUT2D eigenvalue weighted by molar-refractivity contribution is -0.126. The smallest absolute Gasteiger partial charge is 0.324 e. The maximum atomic E-state index is 13.3. The van der Waals surface area contributed by atoms with Gasteiger partial charge < -0.3 is 15.0 Å². The Morgan fingerprint density at radius 1 is 1.12 bits per heavy atom. The van der Waals surface area contributed by atoms with Crippen LogP contribution in [0.1, 0.15) is 30.9 Å². The predicted octanol–water partition coefficient (Wildman–Crippen LogP) is 4.43. The standard InChI is InChI=1S/C25H30ClN3O3/c1-17-3-8-23-22(15-17)29(16-18(2)32-23)25(31)28-13-10-20(11-14-28)24(30)27-12-9-19-4-6-21(26)7-5-19/h3-8,15,18,20H,9-14,16H2,1-2H3,(H,27,30)/t18-/m0/s1. The van der Waals surface area contributed by atoms with E-state index in [1.165, 1.54) is 0 Å². The summed E-state index contributed by atoms with van der Waals surface area (Å²) in [5.41, 5.74) is 3.06. The van der Waals surface area contributed by atoms with Crippen molar-refractivity contribution in [1.29, 1.82) is 0 Å². The van der Waals surface area contributed by atoms with E-state index in [4.69, 9.17) is 16.3 Å². The van der Waals surface area contributed by atoms with Crippen molar-refractivity contribution in [2.24, 2.45) is 5.92 Å². The van der Waals surface area contributed by atoms with Crippen molar-refractivity contribution in [3.8, 4) is 5.75 Å². The normalized spacial score (nSPS) is 18.7. The number of anilines is 1. The lowest BCUT2D eigenvalue weighted by Gasteiger charge is -2.39. The number of likely N-dealkylation sites (tertiary alicyclic amines) is 1. The number of benzene rings is 2. The summed E-state index contributed by atoms with van der Waals surface area (Å²) in [7, 11) is 0. The number of urea groups is 1. The summed E-state index contributed by atoms with van der Waals surface area (Å²) in [6.45, 7) is 6.28. The molecule has 0 radical (unpaired) electrons. The summed E-state index contributed by atoms with van der Waals surface area (Å²) in [5.74, 6) is 0.770. The zero-order valence-corrected chi connectivity index (χ0v) is 19.4. The highest BCUT2D eigenvalue weighted by Crippen LogP contribution is 2.35. The highest BCUT2D eigenvalue weighted by Gasteiger charge is 2.33. The molecular formula is C25H30ClN3O3. The van der Waals surface area contributed by atoms with Gasteiger partial charge in [0.05, 0.1) is 12.2 Å². The zero-order chi connectivity index (χ0) is 22.7. The Bertz CT molecular complexity index is 971. The third-order valence-electron chi connectivity index (χ3n) is 6.17. The van der Waals surface area contributed by atoms with Gasteiger partial charge in [-0.3, -0.25) is 9.69 Å². The van der Waals surface area contributed by atoms with Gasteiger partial charge in [0.2, 0.25) is 5.91 Å². The second kappa shape index (κ2) is 9.82. The van der Waals surface area contributed by atoms with Crippen LogP contribution in [0, 0.1) is 12.8 Å². The molecule has 3 amide bonds. The first-order valence-corrected chi connectivity index (χ1v) is 11.6. The molecule has 7 heteroatoms. The Balaban J connectivity index is 1.29. The number of fused-ring (bicyclic) bond motifs is 1. The number of rotatable bonds is 4. The van der Waals surface area contributed by atoms with E-state index in [1.807, 2.05) is 66.1 Å². The van der Waals surface area contributed by atoms with Crippen LogP contribution in [0.5, 0.6) is 5.75 Å². The molecule has 0 saturated carbocycles. The van der Waals surface area contributed by atoms with Gasteiger partial charge >= 0.3 is 6.03 Å². The molecule has 1 N–H and O–H groups in total. The summed E-state index contributed by atoms with van der Waals surface area (Å²) >= 11 is 5.91. The molecule has 170 valence electrons. The first kappa shape index (κ1) is 22.5. The van der Waals surface area contributed by atoms with Crippen LogP contribution in [0.25, 0.3) is 0 Å². The first-order chi connectivity index (χ1) is 15.4. The second-order valence-corrected chi connectivity index (χ2v) is 9.16. The molecule has 1 atom stereocenters. The maximum absolute atomic E-state index is 13.3. The van der Waals surface area contributed by atoms with Gasteiger partial charge in [-0.05, 0) is 68.5 Å². The van der Waals surface area contributed by atoms with Crippen LogP contribution in [0.4, 0.5) is 10.5 Å². The summed E-state index contributed by atoms with van der Waals surface area (Å²) in [6.07, 6.45) is 2.07. The predicted molar refractivity (Wildman–Crippen MR) is 126 cm³/mol. The van der Waals surface area contributed by atoms with Crippen molar-refractivity contribution < 1.29 is 14.3 Å². The zero-order valence-electron chi connectivity index (χ0n) is 18.6. The molecule has 0 unspecified atom stereocenters. The first-order valence-electron chi connectivity index (χ1n) is 11.3. The van der Waals surface area contributed by atoms with Crippen LogP contribution >= 0.6 is 11.6 Å². The van der Waals surface area contributed by atoms with Crippen LogP contribution in [0.15, 0.2) is 42.5 Å². The van der Waals surface area contributed by atoms with Crippen molar-refractivity contribution in [1.82, 2.24) is 10.2 Å². The number of ether oxygens (including phenoxy) is 1. The lowest BCUT2D eigenvalue weighted by atomic mass is 9.96. The minimum Gasteiger partial charge on any atom is -0.487 e. The van der Waals surface area contributed by atoms with Crippen molar-refractivity contribution in [2.75, 3.05) is 31.1 Å². The van der Waals surface area contributed by atoms with Gasteiger partial charge in [0.1, 0.15) is 11.9 Å². The van der Waals surface area contributed by atoms with Crippen LogP contribution < -0.4 is 15.0 Å². The molecule has 2 aliphatic heterocycles. The van der Waals surface area contributed by atoms with E-state index in [0.29, 0.717) is 44.0 Å². The average Bonchev–Trinajstić information content (AvgIpc) is 2.79. The molecule has 2 aromatic carbocycles. The van der Waals surface area contributed by atoms with Gasteiger partial charge in [0, 0.05) is 30.6 Å². The number of hydrogen-bond donors (Lipinski definition) is 1. The number of amides is 3. The number of aryl methyl sites for hydroxylation is 1. The molecule has 2 heterocycles. The lowest BCUT2D eigenvalue weighted by Crippen LogP contribution is -2.52. The summed E-state index contributed by atoms with van der Waals surface area (Å²) < 4.78 is 5.91. The molecule has 0 aliphatic carbocycles. The van der Waals surface area contributed by atoms with E-state index in [1.54, 1.807) is 0 Å². The highest BCUT2D eigenvalue weighted by molar-refractivity contribution is 6.30. The molecule has 2 aromatic rings. The van der Waals surface area contributed by atoms with E-state index >= 15 is 0 Å². The Morgan fingerprint density at radius 2 is 1.84 bits per heavy atom. The minimum atomic E-state index is -0.0573. The molecule has 2 aliphatic rings. The molecule has 6 nitrogen and oxygen atoms in total. The minimum absolute atomic E-state index is 0.00593. The Labute approximate surface area is 194 Å². The van der Waals surface area contributed by atoms with Gasteiger partial charge in [-0.25, -0.2) is 4.79 Å². The fourth-order valence-corrected chi connectivity index (χ4v) is 4.48. The third kappa shape index (κ3) is 5.18.